The molecule has 2 aromatic rings. The molecule has 3 atom stereocenters. The van der Waals surface area contributed by atoms with Crippen LogP contribution < -0.4 is 9.47 Å². The van der Waals surface area contributed by atoms with Gasteiger partial charge in [0.25, 0.3) is 0 Å². The maximum absolute atomic E-state index is 12.0. The quantitative estimate of drug-likeness (QED) is 0.121. The summed E-state index contributed by atoms with van der Waals surface area (Å²) in [5, 5.41) is 10.8. The van der Waals surface area contributed by atoms with Gasteiger partial charge in [-0.1, -0.05) is 41.5 Å². The van der Waals surface area contributed by atoms with Crippen molar-refractivity contribution in [2.75, 3.05) is 19.9 Å². The summed E-state index contributed by atoms with van der Waals surface area (Å²) < 4.78 is 39.0. The Morgan fingerprint density at radius 1 is 0.886 bits per heavy atom. The number of hydrogen-bond acceptors (Lipinski definition) is 6. The lowest BCUT2D eigenvalue weighted by Crippen LogP contribution is -2.36. The van der Waals surface area contributed by atoms with E-state index >= 15 is 0 Å². The van der Waals surface area contributed by atoms with Crippen LogP contribution in [-0.2, 0) is 19.2 Å². The van der Waals surface area contributed by atoms with Gasteiger partial charge in [-0.25, -0.2) is 0 Å². The highest BCUT2D eigenvalue weighted by atomic mass is 79.9. The van der Waals surface area contributed by atoms with E-state index in [1.165, 1.54) is 6.66 Å². The van der Waals surface area contributed by atoms with E-state index in [1.807, 2.05) is 26.0 Å². The molecule has 1 saturated heterocycles. The van der Waals surface area contributed by atoms with Crippen molar-refractivity contribution in [2.24, 2.45) is 0 Å². The van der Waals surface area contributed by atoms with Gasteiger partial charge in [0.05, 0.1) is 42.3 Å². The van der Waals surface area contributed by atoms with E-state index in [1.54, 1.807) is 0 Å². The van der Waals surface area contributed by atoms with Gasteiger partial charge in [-0.15, -0.1) is 0 Å². The molecule has 0 radical (unpaired) electrons. The van der Waals surface area contributed by atoms with Crippen molar-refractivity contribution in [1.82, 2.24) is 0 Å². The Morgan fingerprint density at radius 2 is 1.32 bits per heavy atom. The van der Waals surface area contributed by atoms with Crippen LogP contribution in [0.5, 0.6) is 11.5 Å². The molecule has 1 aliphatic rings. The van der Waals surface area contributed by atoms with Crippen molar-refractivity contribution in [3.8, 4) is 11.5 Å². The SMILES string of the molecule is CCC(CC)(CC1CO1)Oc1c(Br)cc(C(C)(C)c2cc(Br)c(OCC(O)CC(CC)(CC)OP(C)(=O)O)c(Br)c2)cc1Br. The van der Waals surface area contributed by atoms with E-state index < -0.39 is 24.7 Å². The fraction of sp³-hybridized carbons (Fsp3) is 0.625. The number of aliphatic hydroxyl groups excluding tert-OH is 1. The first kappa shape index (κ1) is 38.5. The summed E-state index contributed by atoms with van der Waals surface area (Å²) in [7, 11) is -3.73. The summed E-state index contributed by atoms with van der Waals surface area (Å²) >= 11 is 14.9. The maximum atomic E-state index is 12.0. The van der Waals surface area contributed by atoms with Crippen LogP contribution in [0.1, 0.15) is 91.2 Å². The minimum Gasteiger partial charge on any atom is -0.489 e. The topological polar surface area (TPSA) is 97.8 Å². The van der Waals surface area contributed by atoms with Gasteiger partial charge in [0.1, 0.15) is 23.7 Å². The Labute approximate surface area is 296 Å². The molecule has 0 bridgehead atoms. The van der Waals surface area contributed by atoms with Crippen molar-refractivity contribution in [2.45, 2.75) is 109 Å². The number of epoxide rings is 1. The number of hydrogen-bond donors (Lipinski definition) is 2. The number of rotatable bonds is 17. The molecule has 248 valence electrons. The second-order valence-electron chi connectivity index (χ2n) is 12.3. The lowest BCUT2D eigenvalue weighted by molar-refractivity contribution is -0.0148. The number of halogens is 4. The lowest BCUT2D eigenvalue weighted by Gasteiger charge is -2.34. The van der Waals surface area contributed by atoms with E-state index in [9.17, 15) is 14.6 Å². The molecule has 0 amide bonds. The molecular formula is C32H45Br4O7P. The third kappa shape index (κ3) is 9.79. The smallest absolute Gasteiger partial charge is 0.325 e. The Morgan fingerprint density at radius 3 is 1.70 bits per heavy atom. The zero-order valence-electron chi connectivity index (χ0n) is 26.5. The summed E-state index contributed by atoms with van der Waals surface area (Å²) in [4.78, 5) is 9.82. The van der Waals surface area contributed by atoms with Gasteiger partial charge >= 0.3 is 7.60 Å². The minimum atomic E-state index is -3.73. The largest absolute Gasteiger partial charge is 0.489 e. The van der Waals surface area contributed by atoms with Gasteiger partial charge in [-0.3, -0.25) is 4.57 Å². The summed E-state index contributed by atoms with van der Waals surface area (Å²) in [5.74, 6) is 1.35. The zero-order valence-corrected chi connectivity index (χ0v) is 33.8. The molecule has 1 heterocycles. The Balaban J connectivity index is 1.80. The third-order valence-electron chi connectivity index (χ3n) is 8.73. The second-order valence-corrected chi connectivity index (χ2v) is 17.5. The molecule has 1 aliphatic heterocycles. The molecule has 0 aromatic heterocycles. The zero-order chi connectivity index (χ0) is 33.1. The fourth-order valence-corrected chi connectivity index (χ4v) is 9.33. The first-order valence-electron chi connectivity index (χ1n) is 15.0. The molecule has 3 rings (SSSR count). The average molecular weight is 892 g/mol. The van der Waals surface area contributed by atoms with Crippen LogP contribution in [0, 0.1) is 0 Å². The highest BCUT2D eigenvalue weighted by Gasteiger charge is 2.39. The molecule has 2 aromatic carbocycles. The normalized spacial score (nSPS) is 17.7. The molecule has 3 unspecified atom stereocenters. The summed E-state index contributed by atoms with van der Waals surface area (Å²) in [6, 6.07) is 8.28. The predicted octanol–water partition coefficient (Wildman–Crippen LogP) is 10.3. The molecule has 0 spiro atoms. The van der Waals surface area contributed by atoms with E-state index in [2.05, 4.69) is 104 Å². The number of aliphatic hydroxyl groups is 1. The van der Waals surface area contributed by atoms with Crippen LogP contribution in [0.25, 0.3) is 0 Å². The van der Waals surface area contributed by atoms with Crippen molar-refractivity contribution < 1.29 is 33.3 Å². The Hall–Kier alpha value is 0.0300. The standard InChI is InChI=1S/C32H45Br4O7P/c1-8-31(9-2,17-23-19-40-23)42-29-26(35)14-21(15-27(29)36)30(5,6)20-12-24(33)28(25(34)13-20)41-18-22(37)16-32(10-3,11-4)43-44(7,38)39/h12-15,22-23,37H,8-11,16-19H2,1-7H3,(H,38,39). The summed E-state index contributed by atoms with van der Waals surface area (Å²) in [5.41, 5.74) is 0.542. The van der Waals surface area contributed by atoms with Crippen LogP contribution in [0.3, 0.4) is 0 Å². The van der Waals surface area contributed by atoms with E-state index in [-0.39, 0.29) is 24.7 Å². The highest BCUT2D eigenvalue weighted by molar-refractivity contribution is 9.11. The molecule has 0 aliphatic carbocycles. The molecule has 0 saturated carbocycles. The van der Waals surface area contributed by atoms with Crippen LogP contribution in [0.2, 0.25) is 0 Å². The monoisotopic (exact) mass is 888 g/mol. The van der Waals surface area contributed by atoms with Crippen LogP contribution in [-0.4, -0.2) is 53.3 Å². The van der Waals surface area contributed by atoms with Crippen LogP contribution >= 0.6 is 71.3 Å². The predicted molar refractivity (Wildman–Crippen MR) is 190 cm³/mol. The second kappa shape index (κ2) is 15.5. The lowest BCUT2D eigenvalue weighted by atomic mass is 9.78. The fourth-order valence-electron chi connectivity index (χ4n) is 5.52. The Kier molecular flexibility index (Phi) is 13.6. The minimum absolute atomic E-state index is 0.00423. The number of benzene rings is 2. The first-order valence-corrected chi connectivity index (χ1v) is 20.2. The van der Waals surface area contributed by atoms with Crippen molar-refractivity contribution in [1.29, 1.82) is 0 Å². The summed E-state index contributed by atoms with van der Waals surface area (Å²) in [6.45, 7) is 14.4. The van der Waals surface area contributed by atoms with Gasteiger partial charge < -0.3 is 28.7 Å². The molecule has 44 heavy (non-hydrogen) atoms. The van der Waals surface area contributed by atoms with Crippen molar-refractivity contribution in [3.63, 3.8) is 0 Å². The van der Waals surface area contributed by atoms with E-state index in [0.29, 0.717) is 18.6 Å². The highest BCUT2D eigenvalue weighted by Crippen LogP contribution is 2.48. The van der Waals surface area contributed by atoms with Crippen molar-refractivity contribution >= 4 is 71.3 Å². The van der Waals surface area contributed by atoms with Crippen LogP contribution in [0.15, 0.2) is 42.2 Å². The van der Waals surface area contributed by atoms with Gasteiger partial charge in [0.2, 0.25) is 0 Å². The van der Waals surface area contributed by atoms with E-state index in [0.717, 1.165) is 60.6 Å². The molecule has 12 heteroatoms. The molecule has 1 fully saturated rings. The van der Waals surface area contributed by atoms with Gasteiger partial charge in [-0.2, -0.15) is 0 Å². The van der Waals surface area contributed by atoms with Gasteiger partial charge in [-0.05, 0) is 125 Å². The molecular weight excluding hydrogens is 847 g/mol. The molecule has 7 nitrogen and oxygen atoms in total. The van der Waals surface area contributed by atoms with E-state index in [4.69, 9.17) is 18.7 Å². The third-order valence-corrected chi connectivity index (χ3v) is 11.8. The van der Waals surface area contributed by atoms with Gasteiger partial charge in [0, 0.05) is 24.9 Å². The van der Waals surface area contributed by atoms with Gasteiger partial charge in [0.15, 0.2) is 0 Å². The first-order chi connectivity index (χ1) is 20.4. The maximum Gasteiger partial charge on any atom is 0.325 e. The number of ether oxygens (including phenoxy) is 3. The molecule has 2 N–H and O–H groups in total. The summed E-state index contributed by atoms with van der Waals surface area (Å²) in [6.07, 6.45) is 3.17. The van der Waals surface area contributed by atoms with Crippen LogP contribution in [0.4, 0.5) is 0 Å². The average Bonchev–Trinajstić information content (AvgIpc) is 3.76. The Bertz CT molecular complexity index is 1290. The van der Waals surface area contributed by atoms with Crippen molar-refractivity contribution in [3.05, 3.63) is 53.3 Å².